The van der Waals surface area contributed by atoms with Gasteiger partial charge in [-0.2, -0.15) is 0 Å². The van der Waals surface area contributed by atoms with Gasteiger partial charge in [-0.3, -0.25) is 4.90 Å². The first-order valence-corrected chi connectivity index (χ1v) is 13.1. The van der Waals surface area contributed by atoms with E-state index in [0.717, 1.165) is 59.9 Å². The van der Waals surface area contributed by atoms with E-state index in [1.54, 1.807) is 31.3 Å². The molecular formula is C27H35F2N3S. The zero-order valence-electron chi connectivity index (χ0n) is 20.1. The van der Waals surface area contributed by atoms with Gasteiger partial charge in [0.15, 0.2) is 0 Å². The average Bonchev–Trinajstić information content (AvgIpc) is 3.26. The second-order valence-corrected chi connectivity index (χ2v) is 11.8. The Morgan fingerprint density at radius 2 is 1.97 bits per heavy atom. The highest BCUT2D eigenvalue weighted by Gasteiger charge is 2.40. The normalized spacial score (nSPS) is 22.6. The van der Waals surface area contributed by atoms with E-state index in [4.69, 9.17) is 0 Å². The quantitative estimate of drug-likeness (QED) is 0.435. The Morgan fingerprint density at radius 3 is 2.70 bits per heavy atom. The highest BCUT2D eigenvalue weighted by atomic mass is 32.1. The van der Waals surface area contributed by atoms with Crippen molar-refractivity contribution >= 4 is 22.2 Å². The summed E-state index contributed by atoms with van der Waals surface area (Å²) in [5, 5.41) is 1.23. The van der Waals surface area contributed by atoms with Gasteiger partial charge in [0.1, 0.15) is 11.5 Å². The third-order valence-corrected chi connectivity index (χ3v) is 8.35. The number of H-pyrrole nitrogens is 1. The second kappa shape index (κ2) is 8.79. The predicted molar refractivity (Wildman–Crippen MR) is 133 cm³/mol. The Labute approximate surface area is 199 Å². The van der Waals surface area contributed by atoms with E-state index < -0.39 is 5.67 Å². The molecule has 1 aromatic carbocycles. The van der Waals surface area contributed by atoms with Crippen LogP contribution in [0, 0.1) is 11.7 Å². The summed E-state index contributed by atoms with van der Waals surface area (Å²) in [5.74, 6) is 0.437. The van der Waals surface area contributed by atoms with Crippen molar-refractivity contribution in [1.82, 2.24) is 14.8 Å². The van der Waals surface area contributed by atoms with Crippen molar-refractivity contribution in [3.8, 4) is 0 Å². The van der Waals surface area contributed by atoms with E-state index in [1.807, 2.05) is 6.07 Å². The molecule has 2 aromatic heterocycles. The summed E-state index contributed by atoms with van der Waals surface area (Å²) in [6, 6.07) is 10.1. The number of likely N-dealkylation sites (tertiary alicyclic amines) is 1. The van der Waals surface area contributed by atoms with E-state index in [1.165, 1.54) is 10.9 Å². The number of rotatable bonds is 7. The number of para-hydroxylation sites is 1. The number of benzene rings is 1. The van der Waals surface area contributed by atoms with Gasteiger partial charge < -0.3 is 9.88 Å². The number of fused-ring (bicyclic) bond motifs is 3. The molecule has 6 heteroatoms. The Hall–Kier alpha value is -1.76. The zero-order valence-corrected chi connectivity index (χ0v) is 20.9. The lowest BCUT2D eigenvalue weighted by Gasteiger charge is -2.42. The lowest BCUT2D eigenvalue weighted by molar-refractivity contribution is 0.0678. The van der Waals surface area contributed by atoms with Gasteiger partial charge in [-0.05, 0) is 70.2 Å². The number of aromatic nitrogens is 1. The molecule has 2 aliphatic heterocycles. The monoisotopic (exact) mass is 471 g/mol. The van der Waals surface area contributed by atoms with Gasteiger partial charge in [-0.15, -0.1) is 11.3 Å². The van der Waals surface area contributed by atoms with E-state index in [9.17, 15) is 4.39 Å². The van der Waals surface area contributed by atoms with Gasteiger partial charge in [0.2, 0.25) is 0 Å². The molecule has 3 nitrogen and oxygen atoms in total. The van der Waals surface area contributed by atoms with Crippen LogP contribution in [0.15, 0.2) is 30.3 Å². The first kappa shape index (κ1) is 23.0. The van der Waals surface area contributed by atoms with Gasteiger partial charge in [0, 0.05) is 52.0 Å². The summed E-state index contributed by atoms with van der Waals surface area (Å²) in [5.41, 5.74) is 2.16. The third kappa shape index (κ3) is 4.50. The van der Waals surface area contributed by atoms with E-state index >= 15 is 4.39 Å². The number of thiophene rings is 1. The summed E-state index contributed by atoms with van der Waals surface area (Å²) in [7, 11) is 0. The average molecular weight is 472 g/mol. The largest absolute Gasteiger partial charge is 0.357 e. The minimum absolute atomic E-state index is 0.0979. The van der Waals surface area contributed by atoms with Crippen LogP contribution in [-0.2, 0) is 12.8 Å². The Balaban J connectivity index is 1.50. The topological polar surface area (TPSA) is 22.3 Å². The van der Waals surface area contributed by atoms with Crippen LogP contribution in [0.3, 0.4) is 0 Å². The maximum Gasteiger partial charge on any atom is 0.137 e. The van der Waals surface area contributed by atoms with Crippen LogP contribution in [0.2, 0.25) is 0 Å². The van der Waals surface area contributed by atoms with E-state index in [2.05, 4.69) is 46.8 Å². The van der Waals surface area contributed by atoms with Crippen molar-refractivity contribution < 1.29 is 8.78 Å². The van der Waals surface area contributed by atoms with Crippen molar-refractivity contribution in [2.45, 2.75) is 64.7 Å². The summed E-state index contributed by atoms with van der Waals surface area (Å²) in [6.45, 7) is 11.2. The SMILES string of the molecule is CCCN1CC(Cc2sc([C@@H]3c4[nH]c5ccccc5c4C[C@@H](C)N3CC(C)(C)F)cc2F)C1. The Kier molecular flexibility index (Phi) is 6.13. The van der Waals surface area contributed by atoms with Crippen LogP contribution >= 0.6 is 11.3 Å². The van der Waals surface area contributed by atoms with Crippen LogP contribution in [0.1, 0.15) is 61.2 Å². The molecule has 2 aliphatic rings. The third-order valence-electron chi connectivity index (χ3n) is 7.17. The minimum atomic E-state index is -1.33. The van der Waals surface area contributed by atoms with Crippen molar-refractivity contribution in [2.75, 3.05) is 26.2 Å². The first-order valence-electron chi connectivity index (χ1n) is 12.3. The molecule has 5 rings (SSSR count). The fourth-order valence-electron chi connectivity index (χ4n) is 5.76. The molecule has 1 fully saturated rings. The first-order chi connectivity index (χ1) is 15.7. The number of nitrogens with zero attached hydrogens (tertiary/aromatic N) is 2. The lowest BCUT2D eigenvalue weighted by atomic mass is 9.90. The fourth-order valence-corrected chi connectivity index (χ4v) is 7.05. The number of hydrogen-bond donors (Lipinski definition) is 1. The van der Waals surface area contributed by atoms with E-state index in [0.29, 0.717) is 12.5 Å². The second-order valence-electron chi connectivity index (χ2n) is 10.7. The van der Waals surface area contributed by atoms with Crippen LogP contribution < -0.4 is 0 Å². The molecule has 1 saturated heterocycles. The number of aromatic amines is 1. The maximum atomic E-state index is 15.2. The molecule has 4 heterocycles. The number of halogens is 2. The van der Waals surface area contributed by atoms with E-state index in [-0.39, 0.29) is 17.9 Å². The molecule has 178 valence electrons. The molecule has 0 spiro atoms. The smallest absolute Gasteiger partial charge is 0.137 e. The van der Waals surface area contributed by atoms with Crippen LogP contribution in [-0.4, -0.2) is 52.7 Å². The molecule has 0 unspecified atom stereocenters. The van der Waals surface area contributed by atoms with Gasteiger partial charge in [-0.1, -0.05) is 25.1 Å². The van der Waals surface area contributed by atoms with Crippen molar-refractivity contribution in [3.63, 3.8) is 0 Å². The molecule has 1 N–H and O–H groups in total. The van der Waals surface area contributed by atoms with Crippen molar-refractivity contribution in [3.05, 3.63) is 57.2 Å². The minimum Gasteiger partial charge on any atom is -0.357 e. The molecule has 3 aromatic rings. The zero-order chi connectivity index (χ0) is 23.3. The van der Waals surface area contributed by atoms with Gasteiger partial charge in [0.05, 0.1) is 6.04 Å². The molecule has 0 aliphatic carbocycles. The molecule has 0 radical (unpaired) electrons. The van der Waals surface area contributed by atoms with Crippen molar-refractivity contribution in [2.24, 2.45) is 5.92 Å². The highest BCUT2D eigenvalue weighted by molar-refractivity contribution is 7.12. The highest BCUT2D eigenvalue weighted by Crippen LogP contribution is 2.44. The Morgan fingerprint density at radius 1 is 1.21 bits per heavy atom. The molecule has 0 bridgehead atoms. The maximum absolute atomic E-state index is 15.2. The molecular weight excluding hydrogens is 436 g/mol. The van der Waals surface area contributed by atoms with Gasteiger partial charge in [-0.25, -0.2) is 8.78 Å². The number of alkyl halides is 1. The molecule has 2 atom stereocenters. The molecule has 33 heavy (non-hydrogen) atoms. The standard InChI is InChI=1S/C27H35F2N3S/c1-5-10-31-14-18(15-31)12-23-21(28)13-24(33-23)26-25-20(19-8-6-7-9-22(19)30-25)11-17(2)32(26)16-27(3,4)29/h6-9,13,17-18,26,30H,5,10-12,14-16H2,1-4H3/t17-,26-/m1/s1. The van der Waals surface area contributed by atoms with Crippen molar-refractivity contribution in [1.29, 1.82) is 0 Å². The lowest BCUT2D eigenvalue weighted by Crippen LogP contribution is -2.47. The fraction of sp³-hybridized carbons (Fsp3) is 0.556. The van der Waals surface area contributed by atoms with Crippen LogP contribution in [0.5, 0.6) is 0 Å². The van der Waals surface area contributed by atoms with Crippen LogP contribution in [0.25, 0.3) is 10.9 Å². The number of nitrogens with one attached hydrogen (secondary N) is 1. The summed E-state index contributed by atoms with van der Waals surface area (Å²) >= 11 is 1.59. The predicted octanol–water partition coefficient (Wildman–Crippen LogP) is 6.34. The molecule has 0 amide bonds. The summed E-state index contributed by atoms with van der Waals surface area (Å²) < 4.78 is 30.1. The summed E-state index contributed by atoms with van der Waals surface area (Å²) in [4.78, 5) is 10.1. The summed E-state index contributed by atoms with van der Waals surface area (Å²) in [6.07, 6.45) is 2.83. The Bertz CT molecular complexity index is 1120. The van der Waals surface area contributed by atoms with Gasteiger partial charge >= 0.3 is 0 Å². The van der Waals surface area contributed by atoms with Crippen LogP contribution in [0.4, 0.5) is 8.78 Å². The molecule has 0 saturated carbocycles. The number of hydrogen-bond acceptors (Lipinski definition) is 3. The van der Waals surface area contributed by atoms with Gasteiger partial charge in [0.25, 0.3) is 0 Å².